The average molecular weight is 1420 g/mol. The molecule has 1 aliphatic heterocycles. The number of rotatable bonds is 38. The van der Waals surface area contributed by atoms with Gasteiger partial charge in [0, 0.05) is 69.7 Å². The Morgan fingerprint density at radius 1 is 0.574 bits per heavy atom. The van der Waals surface area contributed by atoms with E-state index < -0.39 is 138 Å². The lowest BCUT2D eigenvalue weighted by Crippen LogP contribution is -2.61. The molecule has 1 aliphatic rings. The number of nitrogens with zero attached hydrogens (tertiary/aromatic N) is 3. The molecule has 20 N–H and O–H groups in total. The summed E-state index contributed by atoms with van der Waals surface area (Å²) in [4.78, 5) is 176. The molecule has 2 heterocycles. The minimum absolute atomic E-state index is 0.00336. The number of aromatic nitrogens is 1. The third-order valence-corrected chi connectivity index (χ3v) is 16.8. The number of guanidine groups is 1. The Labute approximate surface area is 588 Å². The first-order valence-electron chi connectivity index (χ1n) is 33.1. The Hall–Kier alpha value is -10.9. The van der Waals surface area contributed by atoms with Gasteiger partial charge in [0.15, 0.2) is 5.96 Å². The molecule has 101 heavy (non-hydrogen) atoms. The van der Waals surface area contributed by atoms with Crippen molar-refractivity contribution in [1.29, 1.82) is 0 Å². The quantitative estimate of drug-likeness (QED) is 0.0129. The van der Waals surface area contributed by atoms with Gasteiger partial charge >= 0.3 is 6.03 Å². The van der Waals surface area contributed by atoms with E-state index in [0.29, 0.717) is 40.1 Å². The van der Waals surface area contributed by atoms with Gasteiger partial charge in [-0.1, -0.05) is 97.7 Å². The number of benzene rings is 4. The number of phenols is 1. The number of amides is 13. The van der Waals surface area contributed by atoms with E-state index in [4.69, 9.17) is 34.5 Å². The minimum atomic E-state index is -1.85. The van der Waals surface area contributed by atoms with Crippen LogP contribution in [-0.4, -0.2) is 184 Å². The van der Waals surface area contributed by atoms with Crippen LogP contribution in [0.2, 0.25) is 5.02 Å². The fraction of sp³-hybridized carbons (Fsp3) is 0.420. The van der Waals surface area contributed by atoms with Gasteiger partial charge in [-0.25, -0.2) is 4.79 Å². The lowest BCUT2D eigenvalue weighted by Gasteiger charge is -2.30. The van der Waals surface area contributed by atoms with E-state index in [1.54, 1.807) is 43.3 Å². The van der Waals surface area contributed by atoms with Gasteiger partial charge in [0.25, 0.3) is 0 Å². The molecular weight excluding hydrogens is 1330 g/mol. The number of primary amides is 2. The molecule has 0 spiro atoms. The van der Waals surface area contributed by atoms with Gasteiger partial charge < -0.3 is 91.2 Å². The lowest BCUT2D eigenvalue weighted by molar-refractivity contribution is -0.142. The molecule has 13 amide bonds. The van der Waals surface area contributed by atoms with Crippen molar-refractivity contribution in [3.05, 3.63) is 143 Å². The molecular formula is C69H90ClN17O14. The number of pyridine rings is 1. The van der Waals surface area contributed by atoms with Crippen LogP contribution in [0, 0.1) is 0 Å². The summed E-state index contributed by atoms with van der Waals surface area (Å²) in [6.07, 6.45) is 3.04. The van der Waals surface area contributed by atoms with E-state index in [2.05, 4.69) is 63.1 Å². The molecule has 1 fully saturated rings. The van der Waals surface area contributed by atoms with Crippen LogP contribution in [0.5, 0.6) is 5.75 Å². The summed E-state index contributed by atoms with van der Waals surface area (Å²) in [5.41, 5.74) is 23.8. The minimum Gasteiger partial charge on any atom is -0.508 e. The molecule has 0 unspecified atom stereocenters. The first-order valence-corrected chi connectivity index (χ1v) is 33.5. The average Bonchev–Trinajstić information content (AvgIpc) is 1.69. The van der Waals surface area contributed by atoms with Crippen molar-refractivity contribution in [2.24, 2.45) is 27.9 Å². The second-order valence-electron chi connectivity index (χ2n) is 24.5. The highest BCUT2D eigenvalue weighted by molar-refractivity contribution is 6.30. The molecule has 1 saturated heterocycles. The summed E-state index contributed by atoms with van der Waals surface area (Å²) >= 11 is 6.22. The highest BCUT2D eigenvalue weighted by atomic mass is 35.5. The maximum absolute atomic E-state index is 14.8. The fourth-order valence-corrected chi connectivity index (χ4v) is 11.4. The number of aliphatic hydroxyl groups is 1. The molecule has 10 atom stereocenters. The number of aliphatic hydroxyl groups excluding tert-OH is 1. The zero-order chi connectivity index (χ0) is 73.7. The van der Waals surface area contributed by atoms with Crippen molar-refractivity contribution >= 4 is 99.3 Å². The van der Waals surface area contributed by atoms with Crippen LogP contribution in [0.1, 0.15) is 94.4 Å². The predicted octanol–water partition coefficient (Wildman–Crippen LogP) is -0.962. The molecule has 32 heteroatoms. The van der Waals surface area contributed by atoms with Crippen LogP contribution < -0.4 is 76.1 Å². The van der Waals surface area contributed by atoms with Crippen LogP contribution >= 0.6 is 11.6 Å². The van der Waals surface area contributed by atoms with Crippen molar-refractivity contribution in [3.63, 3.8) is 0 Å². The Kier molecular flexibility index (Phi) is 31.0. The summed E-state index contributed by atoms with van der Waals surface area (Å²) in [5, 5.41) is 49.4. The van der Waals surface area contributed by atoms with E-state index in [1.165, 1.54) is 55.4 Å². The molecule has 1 aromatic heterocycles. The van der Waals surface area contributed by atoms with Crippen molar-refractivity contribution in [1.82, 2.24) is 63.1 Å². The number of likely N-dealkylation sites (tertiary alicyclic amines) is 1. The maximum atomic E-state index is 14.8. The number of halogens is 1. The number of fused-ring (bicyclic) bond motifs is 1. The van der Waals surface area contributed by atoms with E-state index in [9.17, 15) is 67.7 Å². The van der Waals surface area contributed by atoms with Crippen LogP contribution in [0.15, 0.2) is 121 Å². The maximum Gasteiger partial charge on any atom is 0.312 e. The molecule has 0 bridgehead atoms. The van der Waals surface area contributed by atoms with Crippen molar-refractivity contribution in [2.75, 3.05) is 26.2 Å². The molecule has 4 aromatic carbocycles. The Balaban J connectivity index is 1.24. The van der Waals surface area contributed by atoms with E-state index in [1.807, 2.05) is 42.5 Å². The number of carbonyl (C=O) groups is 12. The highest BCUT2D eigenvalue weighted by Gasteiger charge is 2.40. The SMILES string of the molecule is CCC[C@H](NC(=O)[C@@H](CCCNC(N)=O)NC(=O)[C@H](Cc1ccc(O)cc1)NC(=O)[C@H](CO)NC(=O)[C@@H](Cc1cccnc1)NC(=O)[C@@H](Cc1ccc(Cl)cc1)NC(=O)[C@@H](Cc1ccc2ccccc2c1)NC(C)=O)C(=O)N[C@@H](CCCN=C(N)N)C(=O)N1CCC[C@H]1C(=O)N[C@H](C)C(N)=O. The van der Waals surface area contributed by atoms with Crippen LogP contribution in [-0.2, 0) is 78.4 Å². The molecule has 31 nitrogen and oxygen atoms in total. The third kappa shape index (κ3) is 25.7. The number of aromatic hydroxyl groups is 1. The lowest BCUT2D eigenvalue weighted by atomic mass is 9.99. The summed E-state index contributed by atoms with van der Waals surface area (Å²) in [5.74, 6) is -9.52. The van der Waals surface area contributed by atoms with Crippen LogP contribution in [0.25, 0.3) is 10.8 Å². The van der Waals surface area contributed by atoms with Gasteiger partial charge in [0.05, 0.1) is 6.61 Å². The fourth-order valence-electron chi connectivity index (χ4n) is 11.3. The van der Waals surface area contributed by atoms with Crippen LogP contribution in [0.3, 0.4) is 0 Å². The number of aliphatic imine (C=N–C) groups is 1. The van der Waals surface area contributed by atoms with Gasteiger partial charge in [0.2, 0.25) is 65.0 Å². The second kappa shape index (κ2) is 39.6. The summed E-state index contributed by atoms with van der Waals surface area (Å²) in [7, 11) is 0. The van der Waals surface area contributed by atoms with E-state index >= 15 is 0 Å². The highest BCUT2D eigenvalue weighted by Crippen LogP contribution is 2.22. The van der Waals surface area contributed by atoms with E-state index in [0.717, 1.165) is 10.8 Å². The summed E-state index contributed by atoms with van der Waals surface area (Å²) < 4.78 is 0. The number of urea groups is 1. The molecule has 542 valence electrons. The van der Waals surface area contributed by atoms with Gasteiger partial charge in [-0.05, 0) is 115 Å². The van der Waals surface area contributed by atoms with Crippen molar-refractivity contribution in [2.45, 2.75) is 158 Å². The van der Waals surface area contributed by atoms with Crippen molar-refractivity contribution in [3.8, 4) is 5.75 Å². The number of hydrogen-bond donors (Lipinski definition) is 16. The Morgan fingerprint density at radius 3 is 1.61 bits per heavy atom. The number of hydrogen-bond acceptors (Lipinski definition) is 16. The molecule has 6 rings (SSSR count). The third-order valence-electron chi connectivity index (χ3n) is 16.6. The first kappa shape index (κ1) is 79.0. The van der Waals surface area contributed by atoms with Gasteiger partial charge in [-0.2, -0.15) is 0 Å². The first-order chi connectivity index (χ1) is 48.2. The molecule has 0 radical (unpaired) electrons. The van der Waals surface area contributed by atoms with Gasteiger partial charge in [0.1, 0.15) is 66.2 Å². The topological polar surface area (TPSA) is 498 Å². The zero-order valence-corrected chi connectivity index (χ0v) is 57.1. The van der Waals surface area contributed by atoms with Gasteiger partial charge in [-0.15, -0.1) is 0 Å². The summed E-state index contributed by atoms with van der Waals surface area (Å²) in [6.45, 7) is 3.36. The largest absolute Gasteiger partial charge is 0.508 e. The number of phenolic OH excluding ortho intramolecular Hbond substituents is 1. The number of nitrogens with two attached hydrogens (primary N) is 4. The smallest absolute Gasteiger partial charge is 0.312 e. The normalized spacial score (nSPS) is 15.2. The Bertz CT molecular complexity index is 3740. The Morgan fingerprint density at radius 2 is 1.07 bits per heavy atom. The second-order valence-corrected chi connectivity index (χ2v) is 24.9. The van der Waals surface area contributed by atoms with Crippen LogP contribution in [0.4, 0.5) is 4.79 Å². The van der Waals surface area contributed by atoms with Gasteiger partial charge in [-0.3, -0.25) is 62.7 Å². The number of carbonyl (C=O) groups excluding carboxylic acids is 12. The molecule has 0 saturated carbocycles. The summed E-state index contributed by atoms with van der Waals surface area (Å²) in [6, 6.07) is 13.5. The molecule has 0 aliphatic carbocycles. The molecule has 5 aromatic rings. The van der Waals surface area contributed by atoms with Crippen molar-refractivity contribution < 1.29 is 67.7 Å². The predicted molar refractivity (Wildman–Crippen MR) is 374 cm³/mol. The monoisotopic (exact) mass is 1420 g/mol. The van der Waals surface area contributed by atoms with E-state index in [-0.39, 0.29) is 95.6 Å². The standard InChI is InChI=1S/C69H90ClN17O14/c1-4-11-49(59(92)82-51(16-9-29-76-68(72)73)67(100)87-31-10-17-57(87)66(99)78-39(2)58(71)91)80-60(93)50(15-8-30-77-69(74)101)81-62(95)53(34-42-21-26-48(90)27-22-42)85-65(98)56(38-88)86-64(97)55(36-44-12-7-28-75-37-44)84-63(96)54(33-41-19-24-47(70)25-20-41)83-61(94)52(79-40(3)89)35-43-18-23-45-13-5-6-14-46(45)32-43/h5-7,12-14,18-28,32,37,39,49-57,88,90H,4,8-11,15-17,29-31,33-36,38H2,1-3H3,(H2,71,91)(H,78,99)(H,79,89)(H,80,93)(H,81,95)(H,82,92)(H,83,94)(H,84,96)(H,85,98)(H,86,97)(H4,72,73,76)(H3,74,77,101)/t39-,49+,50-,51+,52-,53+,54-,55-,56+,57+/m1/s1. The number of nitrogens with one attached hydrogen (secondary N) is 10. The zero-order valence-electron chi connectivity index (χ0n) is 56.4.